The van der Waals surface area contributed by atoms with E-state index in [1.54, 1.807) is 23.4 Å². The molecule has 2 heterocycles. The van der Waals surface area contributed by atoms with Gasteiger partial charge >= 0.3 is 5.97 Å². The summed E-state index contributed by atoms with van der Waals surface area (Å²) in [5, 5.41) is 9.07. The average molecular weight is 262 g/mol. The van der Waals surface area contributed by atoms with Gasteiger partial charge in [0.2, 0.25) is 5.91 Å². The van der Waals surface area contributed by atoms with Crippen molar-refractivity contribution in [3.05, 3.63) is 30.1 Å². The van der Waals surface area contributed by atoms with Gasteiger partial charge in [-0.25, -0.2) is 0 Å². The lowest BCUT2D eigenvalue weighted by Crippen LogP contribution is -2.47. The van der Waals surface area contributed by atoms with Crippen molar-refractivity contribution in [2.75, 3.05) is 6.54 Å². The number of pyridine rings is 1. The number of rotatable bonds is 3. The molecule has 2 rings (SSSR count). The molecule has 0 aliphatic carbocycles. The van der Waals surface area contributed by atoms with Crippen molar-refractivity contribution in [2.45, 2.75) is 32.2 Å². The van der Waals surface area contributed by atoms with E-state index in [4.69, 9.17) is 5.11 Å². The van der Waals surface area contributed by atoms with Gasteiger partial charge in [-0.2, -0.15) is 0 Å². The Balaban J connectivity index is 2.02. The van der Waals surface area contributed by atoms with E-state index < -0.39 is 11.9 Å². The van der Waals surface area contributed by atoms with Crippen molar-refractivity contribution in [1.82, 2.24) is 9.88 Å². The summed E-state index contributed by atoms with van der Waals surface area (Å²) >= 11 is 0. The van der Waals surface area contributed by atoms with Crippen LogP contribution in [0.4, 0.5) is 0 Å². The molecule has 5 nitrogen and oxygen atoms in total. The summed E-state index contributed by atoms with van der Waals surface area (Å²) in [6.45, 7) is 2.29. The maximum Gasteiger partial charge on any atom is 0.308 e. The minimum atomic E-state index is -0.814. The number of carbonyl (C=O) groups excluding carboxylic acids is 1. The molecule has 1 aromatic heterocycles. The number of piperidine rings is 1. The van der Waals surface area contributed by atoms with E-state index in [0.717, 1.165) is 12.0 Å². The number of hydrogen-bond donors (Lipinski definition) is 1. The monoisotopic (exact) mass is 262 g/mol. The Morgan fingerprint density at radius 3 is 2.89 bits per heavy atom. The van der Waals surface area contributed by atoms with E-state index in [0.29, 0.717) is 13.0 Å². The lowest BCUT2D eigenvalue weighted by Gasteiger charge is -2.36. The molecule has 1 fully saturated rings. The molecule has 19 heavy (non-hydrogen) atoms. The third-order valence-corrected chi connectivity index (χ3v) is 3.63. The number of aromatic nitrogens is 1. The molecule has 0 radical (unpaired) electrons. The summed E-state index contributed by atoms with van der Waals surface area (Å²) in [5.74, 6) is -1.27. The van der Waals surface area contributed by atoms with Crippen molar-refractivity contribution < 1.29 is 14.7 Å². The zero-order valence-electron chi connectivity index (χ0n) is 11.0. The van der Waals surface area contributed by atoms with E-state index in [1.807, 2.05) is 13.0 Å². The Hall–Kier alpha value is -1.91. The summed E-state index contributed by atoms with van der Waals surface area (Å²) in [4.78, 5) is 29.0. The number of carboxylic acids is 1. The Kier molecular flexibility index (Phi) is 4.14. The molecule has 0 bridgehead atoms. The lowest BCUT2D eigenvalue weighted by molar-refractivity contribution is -0.146. The zero-order chi connectivity index (χ0) is 13.8. The van der Waals surface area contributed by atoms with Gasteiger partial charge in [0, 0.05) is 25.0 Å². The maximum absolute atomic E-state index is 12.3. The second kappa shape index (κ2) is 5.82. The first-order valence-corrected chi connectivity index (χ1v) is 6.49. The molecule has 2 unspecified atom stereocenters. The molecule has 1 saturated heterocycles. The number of aliphatic carboxylic acids is 1. The smallest absolute Gasteiger partial charge is 0.308 e. The number of amides is 1. The third-order valence-electron chi connectivity index (χ3n) is 3.63. The molecule has 1 aliphatic rings. The fourth-order valence-corrected chi connectivity index (χ4v) is 2.43. The average Bonchev–Trinajstić information content (AvgIpc) is 2.40. The topological polar surface area (TPSA) is 70.5 Å². The molecule has 1 aromatic rings. The summed E-state index contributed by atoms with van der Waals surface area (Å²) in [6, 6.07) is 3.76. The Morgan fingerprint density at radius 2 is 2.26 bits per heavy atom. The number of likely N-dealkylation sites (tertiary alicyclic amines) is 1. The van der Waals surface area contributed by atoms with Gasteiger partial charge in [0.05, 0.1) is 12.3 Å². The number of carboxylic acid groups (broad SMARTS) is 1. The van der Waals surface area contributed by atoms with E-state index in [-0.39, 0.29) is 18.4 Å². The Morgan fingerprint density at radius 1 is 1.47 bits per heavy atom. The second-order valence-corrected chi connectivity index (χ2v) is 5.05. The third kappa shape index (κ3) is 3.30. The summed E-state index contributed by atoms with van der Waals surface area (Å²) in [6.07, 6.45) is 5.01. The highest BCUT2D eigenvalue weighted by molar-refractivity contribution is 5.80. The molecule has 5 heteroatoms. The van der Waals surface area contributed by atoms with Gasteiger partial charge in [-0.1, -0.05) is 6.07 Å². The van der Waals surface area contributed by atoms with E-state index in [1.165, 1.54) is 0 Å². The van der Waals surface area contributed by atoms with Crippen molar-refractivity contribution in [3.63, 3.8) is 0 Å². The minimum absolute atomic E-state index is 0.0218. The minimum Gasteiger partial charge on any atom is -0.481 e. The summed E-state index contributed by atoms with van der Waals surface area (Å²) < 4.78 is 0. The van der Waals surface area contributed by atoms with Crippen LogP contribution in [0.25, 0.3) is 0 Å². The molecule has 0 spiro atoms. The SMILES string of the molecule is CC1CCC(C(=O)O)CN1C(=O)Cc1cccnc1. The molecule has 1 aliphatic heterocycles. The molecule has 2 atom stereocenters. The van der Waals surface area contributed by atoms with Gasteiger partial charge < -0.3 is 10.0 Å². The quantitative estimate of drug-likeness (QED) is 0.892. The van der Waals surface area contributed by atoms with Crippen LogP contribution < -0.4 is 0 Å². The van der Waals surface area contributed by atoms with Crippen molar-refractivity contribution in [1.29, 1.82) is 0 Å². The van der Waals surface area contributed by atoms with Gasteiger partial charge in [0.1, 0.15) is 0 Å². The molecule has 0 aromatic carbocycles. The van der Waals surface area contributed by atoms with Gasteiger partial charge in [-0.3, -0.25) is 14.6 Å². The van der Waals surface area contributed by atoms with Crippen LogP contribution in [0.1, 0.15) is 25.3 Å². The standard InChI is InChI=1S/C14H18N2O3/c1-10-4-5-12(14(18)19)9-16(10)13(17)7-11-3-2-6-15-8-11/h2-3,6,8,10,12H,4-5,7,9H2,1H3,(H,18,19). The van der Waals surface area contributed by atoms with Crippen molar-refractivity contribution in [2.24, 2.45) is 5.92 Å². The summed E-state index contributed by atoms with van der Waals surface area (Å²) in [7, 11) is 0. The van der Waals surface area contributed by atoms with Crippen molar-refractivity contribution >= 4 is 11.9 Å². The van der Waals surface area contributed by atoms with Crippen LogP contribution in [-0.4, -0.2) is 39.5 Å². The molecule has 1 amide bonds. The van der Waals surface area contributed by atoms with Crippen LogP contribution >= 0.6 is 0 Å². The Labute approximate surface area is 112 Å². The second-order valence-electron chi connectivity index (χ2n) is 5.05. The lowest BCUT2D eigenvalue weighted by atomic mass is 9.93. The molecule has 102 valence electrons. The number of hydrogen-bond acceptors (Lipinski definition) is 3. The van der Waals surface area contributed by atoms with E-state index >= 15 is 0 Å². The highest BCUT2D eigenvalue weighted by Gasteiger charge is 2.32. The predicted molar refractivity (Wildman–Crippen MR) is 69.5 cm³/mol. The van der Waals surface area contributed by atoms with Crippen molar-refractivity contribution in [3.8, 4) is 0 Å². The first kappa shape index (κ1) is 13.5. The van der Waals surface area contributed by atoms with E-state index in [9.17, 15) is 9.59 Å². The number of carbonyl (C=O) groups is 2. The predicted octanol–water partition coefficient (Wildman–Crippen LogP) is 1.34. The highest BCUT2D eigenvalue weighted by Crippen LogP contribution is 2.22. The van der Waals surface area contributed by atoms with Crippen LogP contribution in [0.15, 0.2) is 24.5 Å². The van der Waals surface area contributed by atoms with Gasteiger partial charge in [0.15, 0.2) is 0 Å². The molecular weight excluding hydrogens is 244 g/mol. The first-order chi connectivity index (χ1) is 9.08. The van der Waals surface area contributed by atoms with Gasteiger partial charge in [-0.15, -0.1) is 0 Å². The van der Waals surface area contributed by atoms with Crippen LogP contribution in [0.2, 0.25) is 0 Å². The normalized spacial score (nSPS) is 23.1. The first-order valence-electron chi connectivity index (χ1n) is 6.49. The summed E-state index contributed by atoms with van der Waals surface area (Å²) in [5.41, 5.74) is 0.858. The van der Waals surface area contributed by atoms with Crippen LogP contribution in [0.5, 0.6) is 0 Å². The van der Waals surface area contributed by atoms with Crippen LogP contribution in [0, 0.1) is 5.92 Å². The fraction of sp³-hybridized carbons (Fsp3) is 0.500. The Bertz CT molecular complexity index is 461. The molecular formula is C14H18N2O3. The van der Waals surface area contributed by atoms with Gasteiger partial charge in [-0.05, 0) is 31.4 Å². The fourth-order valence-electron chi connectivity index (χ4n) is 2.43. The highest BCUT2D eigenvalue weighted by atomic mass is 16.4. The maximum atomic E-state index is 12.3. The molecule has 0 saturated carbocycles. The van der Waals surface area contributed by atoms with Crippen LogP contribution in [-0.2, 0) is 16.0 Å². The van der Waals surface area contributed by atoms with Gasteiger partial charge in [0.25, 0.3) is 0 Å². The number of nitrogens with zero attached hydrogens (tertiary/aromatic N) is 2. The largest absolute Gasteiger partial charge is 0.481 e. The van der Waals surface area contributed by atoms with Crippen LogP contribution in [0.3, 0.4) is 0 Å². The molecule has 1 N–H and O–H groups in total. The van der Waals surface area contributed by atoms with E-state index in [2.05, 4.69) is 4.98 Å². The zero-order valence-corrected chi connectivity index (χ0v) is 11.0.